The minimum Gasteiger partial charge on any atom is -0.493 e. The van der Waals surface area contributed by atoms with Gasteiger partial charge in [0.15, 0.2) is 11.5 Å². The third-order valence-electron chi connectivity index (χ3n) is 4.43. The number of fused-ring (bicyclic) bond motifs is 1. The molecule has 1 aliphatic carbocycles. The van der Waals surface area contributed by atoms with Crippen molar-refractivity contribution < 1.29 is 19.0 Å². The maximum absolute atomic E-state index is 11.9. The second-order valence-electron chi connectivity index (χ2n) is 5.64. The summed E-state index contributed by atoms with van der Waals surface area (Å²) in [6.07, 6.45) is 6.51. The quantitative estimate of drug-likeness (QED) is 0.778. The zero-order chi connectivity index (χ0) is 14.2. The highest BCUT2D eigenvalue weighted by Crippen LogP contribution is 2.48. The smallest absolute Gasteiger partial charge is 0.338 e. The molecule has 1 saturated carbocycles. The number of carbonyl (C=O) groups is 1. The normalized spacial score (nSPS) is 19.3. The van der Waals surface area contributed by atoms with E-state index in [1.54, 1.807) is 19.2 Å². The van der Waals surface area contributed by atoms with Crippen LogP contribution in [0.5, 0.6) is 11.5 Å². The molecule has 0 N–H and O–H groups in total. The molecule has 4 heteroatoms. The predicted molar refractivity (Wildman–Crippen MR) is 74.5 cm³/mol. The first-order valence-electron chi connectivity index (χ1n) is 7.16. The Morgan fingerprint density at radius 2 is 1.95 bits per heavy atom. The van der Waals surface area contributed by atoms with E-state index in [0.29, 0.717) is 11.3 Å². The molecular formula is C16H20O4. The molecule has 1 spiro atoms. The average molecular weight is 276 g/mol. The Morgan fingerprint density at radius 3 is 2.60 bits per heavy atom. The van der Waals surface area contributed by atoms with E-state index in [-0.39, 0.29) is 11.6 Å². The van der Waals surface area contributed by atoms with Crippen molar-refractivity contribution >= 4 is 5.97 Å². The molecule has 0 atom stereocenters. The Balaban J connectivity index is 2.02. The SMILES string of the molecule is COC(=O)c1ccc(OC)c2c1CC1(CCCCC1)O2. The summed E-state index contributed by atoms with van der Waals surface area (Å²) >= 11 is 0. The van der Waals surface area contributed by atoms with Crippen LogP contribution in [0.1, 0.15) is 48.0 Å². The van der Waals surface area contributed by atoms with E-state index in [1.165, 1.54) is 26.4 Å². The van der Waals surface area contributed by atoms with E-state index in [1.807, 2.05) is 0 Å². The Kier molecular flexibility index (Phi) is 3.32. The lowest BCUT2D eigenvalue weighted by molar-refractivity contribution is 0.0506. The Morgan fingerprint density at radius 1 is 1.20 bits per heavy atom. The van der Waals surface area contributed by atoms with Crippen molar-refractivity contribution in [2.45, 2.75) is 44.1 Å². The molecule has 1 aromatic carbocycles. The summed E-state index contributed by atoms with van der Waals surface area (Å²) in [6, 6.07) is 3.56. The Hall–Kier alpha value is -1.71. The average Bonchev–Trinajstić information content (AvgIpc) is 2.84. The lowest BCUT2D eigenvalue weighted by Crippen LogP contribution is -2.36. The lowest BCUT2D eigenvalue weighted by Gasteiger charge is -2.32. The molecule has 1 fully saturated rings. The zero-order valence-electron chi connectivity index (χ0n) is 12.0. The number of methoxy groups -OCH3 is 2. The van der Waals surface area contributed by atoms with Crippen molar-refractivity contribution in [2.75, 3.05) is 14.2 Å². The maximum atomic E-state index is 11.9. The summed E-state index contributed by atoms with van der Waals surface area (Å²) in [5, 5.41) is 0. The minimum atomic E-state index is -0.305. The maximum Gasteiger partial charge on any atom is 0.338 e. The van der Waals surface area contributed by atoms with E-state index in [4.69, 9.17) is 14.2 Å². The van der Waals surface area contributed by atoms with E-state index >= 15 is 0 Å². The molecule has 108 valence electrons. The standard InChI is InChI=1S/C16H20O4/c1-18-13-7-6-11(15(17)19-2)12-10-16(20-14(12)13)8-4-3-5-9-16/h6-7H,3-5,8-10H2,1-2H3. The number of benzene rings is 1. The summed E-state index contributed by atoms with van der Waals surface area (Å²) < 4.78 is 16.5. The molecule has 0 amide bonds. The first-order chi connectivity index (χ1) is 9.69. The van der Waals surface area contributed by atoms with Gasteiger partial charge in [0, 0.05) is 12.0 Å². The van der Waals surface area contributed by atoms with Gasteiger partial charge in [-0.2, -0.15) is 0 Å². The Labute approximate surface area is 119 Å². The van der Waals surface area contributed by atoms with Crippen LogP contribution in [0.2, 0.25) is 0 Å². The third-order valence-corrected chi connectivity index (χ3v) is 4.43. The number of hydrogen-bond donors (Lipinski definition) is 0. The largest absolute Gasteiger partial charge is 0.493 e. The van der Waals surface area contributed by atoms with Gasteiger partial charge in [-0.15, -0.1) is 0 Å². The lowest BCUT2D eigenvalue weighted by atomic mass is 9.81. The highest BCUT2D eigenvalue weighted by atomic mass is 16.5. The van der Waals surface area contributed by atoms with Crippen molar-refractivity contribution in [3.8, 4) is 11.5 Å². The molecule has 1 heterocycles. The van der Waals surface area contributed by atoms with E-state index in [0.717, 1.165) is 30.6 Å². The van der Waals surface area contributed by atoms with Gasteiger partial charge >= 0.3 is 5.97 Å². The van der Waals surface area contributed by atoms with Gasteiger partial charge in [-0.05, 0) is 37.8 Å². The summed E-state index contributed by atoms with van der Waals surface area (Å²) in [5.41, 5.74) is 1.40. The van der Waals surface area contributed by atoms with Gasteiger partial charge in [-0.3, -0.25) is 0 Å². The number of esters is 1. The first kappa shape index (κ1) is 13.3. The fourth-order valence-corrected chi connectivity index (χ4v) is 3.41. The topological polar surface area (TPSA) is 44.8 Å². The van der Waals surface area contributed by atoms with Crippen molar-refractivity contribution in [3.05, 3.63) is 23.3 Å². The molecule has 3 rings (SSSR count). The van der Waals surface area contributed by atoms with Crippen LogP contribution in [-0.2, 0) is 11.2 Å². The summed E-state index contributed by atoms with van der Waals surface area (Å²) in [7, 11) is 3.04. The molecule has 4 nitrogen and oxygen atoms in total. The molecule has 0 unspecified atom stereocenters. The molecule has 1 aromatic rings. The third kappa shape index (κ3) is 2.03. The van der Waals surface area contributed by atoms with Crippen LogP contribution in [0.25, 0.3) is 0 Å². The van der Waals surface area contributed by atoms with Crippen LogP contribution in [0, 0.1) is 0 Å². The number of hydrogen-bond acceptors (Lipinski definition) is 4. The van der Waals surface area contributed by atoms with Crippen LogP contribution >= 0.6 is 0 Å². The van der Waals surface area contributed by atoms with Crippen molar-refractivity contribution in [1.82, 2.24) is 0 Å². The highest BCUT2D eigenvalue weighted by Gasteiger charge is 2.43. The second kappa shape index (κ2) is 5.00. The van der Waals surface area contributed by atoms with Gasteiger partial charge in [0.1, 0.15) is 5.60 Å². The van der Waals surface area contributed by atoms with Gasteiger partial charge in [-0.25, -0.2) is 4.79 Å². The number of rotatable bonds is 2. The summed E-state index contributed by atoms with van der Waals surface area (Å²) in [4.78, 5) is 11.9. The van der Waals surface area contributed by atoms with Gasteiger partial charge in [-0.1, -0.05) is 6.42 Å². The Bertz CT molecular complexity index is 530. The van der Waals surface area contributed by atoms with Crippen LogP contribution in [0.4, 0.5) is 0 Å². The first-order valence-corrected chi connectivity index (χ1v) is 7.16. The van der Waals surface area contributed by atoms with Crippen LogP contribution in [-0.4, -0.2) is 25.8 Å². The molecule has 0 aromatic heterocycles. The van der Waals surface area contributed by atoms with E-state index in [2.05, 4.69) is 0 Å². The van der Waals surface area contributed by atoms with E-state index < -0.39 is 0 Å². The second-order valence-corrected chi connectivity index (χ2v) is 5.64. The fourth-order valence-electron chi connectivity index (χ4n) is 3.41. The van der Waals surface area contributed by atoms with Crippen LogP contribution in [0.3, 0.4) is 0 Å². The van der Waals surface area contributed by atoms with Crippen LogP contribution in [0.15, 0.2) is 12.1 Å². The van der Waals surface area contributed by atoms with Crippen LogP contribution < -0.4 is 9.47 Å². The number of ether oxygens (including phenoxy) is 3. The highest BCUT2D eigenvalue weighted by molar-refractivity contribution is 5.92. The molecule has 0 radical (unpaired) electrons. The molecule has 20 heavy (non-hydrogen) atoms. The van der Waals surface area contributed by atoms with Crippen molar-refractivity contribution in [1.29, 1.82) is 0 Å². The molecule has 0 bridgehead atoms. The van der Waals surface area contributed by atoms with E-state index in [9.17, 15) is 4.79 Å². The number of carbonyl (C=O) groups excluding carboxylic acids is 1. The summed E-state index contributed by atoms with van der Waals surface area (Å²) in [6.45, 7) is 0. The predicted octanol–water partition coefficient (Wildman–Crippen LogP) is 3.12. The fraction of sp³-hybridized carbons (Fsp3) is 0.562. The monoisotopic (exact) mass is 276 g/mol. The van der Waals surface area contributed by atoms with Gasteiger partial charge < -0.3 is 14.2 Å². The van der Waals surface area contributed by atoms with Gasteiger partial charge in [0.05, 0.1) is 19.8 Å². The molecular weight excluding hydrogens is 256 g/mol. The molecule has 2 aliphatic rings. The molecule has 1 aliphatic heterocycles. The van der Waals surface area contributed by atoms with Crippen molar-refractivity contribution in [2.24, 2.45) is 0 Å². The zero-order valence-corrected chi connectivity index (χ0v) is 12.0. The summed E-state index contributed by atoms with van der Waals surface area (Å²) in [5.74, 6) is 1.13. The molecule has 0 saturated heterocycles. The van der Waals surface area contributed by atoms with Crippen molar-refractivity contribution in [3.63, 3.8) is 0 Å². The van der Waals surface area contributed by atoms with Gasteiger partial charge in [0.25, 0.3) is 0 Å². The minimum absolute atomic E-state index is 0.141. The van der Waals surface area contributed by atoms with Gasteiger partial charge in [0.2, 0.25) is 0 Å².